The molecule has 0 fully saturated rings. The minimum absolute atomic E-state index is 0.105. The minimum atomic E-state index is -0.484. The number of methoxy groups -OCH3 is 2. The van der Waals surface area contributed by atoms with E-state index in [-0.39, 0.29) is 6.04 Å². The maximum Gasteiger partial charge on any atom is 0.213 e. The van der Waals surface area contributed by atoms with Crippen LogP contribution in [-0.2, 0) is 6.61 Å². The second-order valence-corrected chi connectivity index (χ2v) is 10.2. The lowest BCUT2D eigenvalue weighted by Crippen LogP contribution is -2.33. The SMILES string of the molecule is COc1ccc(C2=NN3C(C2)c2cc(Cl)cc(Cl)c2OC3c2ccc(OCc3ccccc3)cc2)cc1OC. The van der Waals surface area contributed by atoms with E-state index < -0.39 is 6.23 Å². The molecular weight excluding hydrogens is 535 g/mol. The van der Waals surface area contributed by atoms with Crippen LogP contribution >= 0.6 is 23.2 Å². The molecule has 6 nitrogen and oxygen atoms in total. The van der Waals surface area contributed by atoms with E-state index in [1.807, 2.05) is 83.9 Å². The molecule has 2 aliphatic rings. The van der Waals surface area contributed by atoms with Crippen LogP contribution in [0.25, 0.3) is 0 Å². The lowest BCUT2D eigenvalue weighted by Gasteiger charge is -2.38. The summed E-state index contributed by atoms with van der Waals surface area (Å²) in [5.74, 6) is 2.71. The van der Waals surface area contributed by atoms with Crippen LogP contribution in [0, 0.1) is 0 Å². The molecule has 2 atom stereocenters. The van der Waals surface area contributed by atoms with Gasteiger partial charge in [0.05, 0.1) is 31.0 Å². The Bertz CT molecular complexity index is 1530. The van der Waals surface area contributed by atoms with Gasteiger partial charge >= 0.3 is 0 Å². The minimum Gasteiger partial charge on any atom is -0.493 e. The van der Waals surface area contributed by atoms with Crippen molar-refractivity contribution >= 4 is 28.9 Å². The summed E-state index contributed by atoms with van der Waals surface area (Å²) in [6, 6.07) is 27.3. The highest BCUT2D eigenvalue weighted by Crippen LogP contribution is 2.51. The molecule has 6 rings (SSSR count). The number of rotatable bonds is 7. The van der Waals surface area contributed by atoms with Crippen molar-refractivity contribution in [2.45, 2.75) is 25.3 Å². The number of halogens is 2. The lowest BCUT2D eigenvalue weighted by molar-refractivity contribution is -0.0189. The highest BCUT2D eigenvalue weighted by atomic mass is 35.5. The van der Waals surface area contributed by atoms with Crippen molar-refractivity contribution < 1.29 is 18.9 Å². The number of ether oxygens (including phenoxy) is 4. The Labute approximate surface area is 237 Å². The standard InChI is InChI=1S/C31H26Cl2N2O4/c1-36-28-13-10-21(14-29(28)37-2)26-17-27-24-15-22(32)16-25(33)30(24)39-31(35(27)34-26)20-8-11-23(12-9-20)38-18-19-6-4-3-5-7-19/h3-16,27,31H,17-18H2,1-2H3. The number of hydrazone groups is 1. The highest BCUT2D eigenvalue weighted by molar-refractivity contribution is 6.35. The van der Waals surface area contributed by atoms with Gasteiger partial charge in [0.15, 0.2) is 11.5 Å². The average Bonchev–Trinajstić information content (AvgIpc) is 3.42. The fourth-order valence-corrected chi connectivity index (χ4v) is 5.55. The van der Waals surface area contributed by atoms with Crippen molar-refractivity contribution in [3.8, 4) is 23.0 Å². The molecule has 0 aromatic heterocycles. The van der Waals surface area contributed by atoms with E-state index in [0.717, 1.165) is 33.7 Å². The Morgan fingerprint density at radius 1 is 0.897 bits per heavy atom. The van der Waals surface area contributed by atoms with Gasteiger partial charge in [-0.3, -0.25) is 0 Å². The predicted octanol–water partition coefficient (Wildman–Crippen LogP) is 7.83. The molecule has 8 heteroatoms. The quantitative estimate of drug-likeness (QED) is 0.230. The van der Waals surface area contributed by atoms with E-state index in [2.05, 4.69) is 0 Å². The first-order valence-electron chi connectivity index (χ1n) is 12.5. The fourth-order valence-electron chi connectivity index (χ4n) is 4.99. The molecule has 2 heterocycles. The highest BCUT2D eigenvalue weighted by Gasteiger charge is 2.42. The van der Waals surface area contributed by atoms with E-state index >= 15 is 0 Å². The third-order valence-corrected chi connectivity index (χ3v) is 7.44. The maximum atomic E-state index is 6.63. The molecule has 198 valence electrons. The second-order valence-electron chi connectivity index (χ2n) is 9.34. The summed E-state index contributed by atoms with van der Waals surface area (Å²) in [5.41, 5.74) is 4.80. The number of benzene rings is 4. The first-order chi connectivity index (χ1) is 19.0. The second kappa shape index (κ2) is 10.7. The molecule has 0 saturated carbocycles. The molecule has 0 aliphatic carbocycles. The van der Waals surface area contributed by atoms with Gasteiger partial charge in [-0.1, -0.05) is 53.5 Å². The average molecular weight is 561 g/mol. The smallest absolute Gasteiger partial charge is 0.213 e. The van der Waals surface area contributed by atoms with E-state index in [1.54, 1.807) is 20.3 Å². The molecule has 2 aliphatic heterocycles. The van der Waals surface area contributed by atoms with Crippen LogP contribution in [0.1, 0.15) is 40.9 Å². The summed E-state index contributed by atoms with van der Waals surface area (Å²) in [6.07, 6.45) is 0.166. The Morgan fingerprint density at radius 2 is 1.67 bits per heavy atom. The van der Waals surface area contributed by atoms with Crippen molar-refractivity contribution in [2.24, 2.45) is 5.10 Å². The van der Waals surface area contributed by atoms with Gasteiger partial charge in [-0.2, -0.15) is 5.10 Å². The lowest BCUT2D eigenvalue weighted by atomic mass is 9.95. The van der Waals surface area contributed by atoms with Crippen molar-refractivity contribution in [3.63, 3.8) is 0 Å². The van der Waals surface area contributed by atoms with E-state index in [1.165, 1.54) is 0 Å². The van der Waals surface area contributed by atoms with Crippen LogP contribution in [0.3, 0.4) is 0 Å². The molecule has 0 bridgehead atoms. The predicted molar refractivity (Wildman–Crippen MR) is 152 cm³/mol. The van der Waals surface area contributed by atoms with Gasteiger partial charge in [-0.15, -0.1) is 0 Å². The largest absolute Gasteiger partial charge is 0.493 e. The molecule has 2 unspecified atom stereocenters. The Balaban J connectivity index is 1.33. The van der Waals surface area contributed by atoms with Crippen molar-refractivity contribution in [1.82, 2.24) is 5.01 Å². The third-order valence-electron chi connectivity index (χ3n) is 6.94. The van der Waals surface area contributed by atoms with Crippen LogP contribution in [0.15, 0.2) is 90.0 Å². The molecule has 4 aromatic rings. The monoisotopic (exact) mass is 560 g/mol. The van der Waals surface area contributed by atoms with Crippen molar-refractivity contribution in [3.05, 3.63) is 117 Å². The number of nitrogens with zero attached hydrogens (tertiary/aromatic N) is 2. The van der Waals surface area contributed by atoms with E-state index in [9.17, 15) is 0 Å². The van der Waals surface area contributed by atoms with Crippen molar-refractivity contribution in [2.75, 3.05) is 14.2 Å². The van der Waals surface area contributed by atoms with Gasteiger partial charge in [-0.05, 0) is 60.2 Å². The summed E-state index contributed by atoms with van der Waals surface area (Å²) in [5, 5.41) is 8.06. The number of hydrogen-bond donors (Lipinski definition) is 0. The summed E-state index contributed by atoms with van der Waals surface area (Å²) in [7, 11) is 3.24. The number of fused-ring (bicyclic) bond motifs is 3. The Kier molecular flexibility index (Phi) is 6.98. The fraction of sp³-hybridized carbons (Fsp3) is 0.194. The summed E-state index contributed by atoms with van der Waals surface area (Å²) < 4.78 is 23.4. The molecule has 0 radical (unpaired) electrons. The zero-order valence-electron chi connectivity index (χ0n) is 21.4. The first kappa shape index (κ1) is 25.4. The van der Waals surface area contributed by atoms with Crippen LogP contribution in [0.2, 0.25) is 10.0 Å². The van der Waals surface area contributed by atoms with Crippen LogP contribution in [0.5, 0.6) is 23.0 Å². The first-order valence-corrected chi connectivity index (χ1v) is 13.3. The van der Waals surface area contributed by atoms with Gasteiger partial charge in [0.2, 0.25) is 6.23 Å². The third kappa shape index (κ3) is 4.98. The van der Waals surface area contributed by atoms with Crippen LogP contribution < -0.4 is 18.9 Å². The van der Waals surface area contributed by atoms with E-state index in [4.69, 9.17) is 47.3 Å². The van der Waals surface area contributed by atoms with Gasteiger partial charge in [-0.25, -0.2) is 5.01 Å². The molecule has 0 saturated heterocycles. The van der Waals surface area contributed by atoms with Gasteiger partial charge < -0.3 is 18.9 Å². The molecule has 0 amide bonds. The summed E-state index contributed by atoms with van der Waals surface area (Å²) in [6.45, 7) is 0.497. The normalized spacial score (nSPS) is 17.5. The zero-order chi connectivity index (χ0) is 26.9. The molecule has 39 heavy (non-hydrogen) atoms. The Morgan fingerprint density at radius 3 is 2.41 bits per heavy atom. The molecule has 0 spiro atoms. The van der Waals surface area contributed by atoms with Gasteiger partial charge in [0, 0.05) is 28.1 Å². The molecular formula is C31H26Cl2N2O4. The van der Waals surface area contributed by atoms with Crippen molar-refractivity contribution in [1.29, 1.82) is 0 Å². The van der Waals surface area contributed by atoms with Crippen LogP contribution in [0.4, 0.5) is 0 Å². The number of hydrogen-bond acceptors (Lipinski definition) is 6. The summed E-state index contributed by atoms with van der Waals surface area (Å²) >= 11 is 13.0. The molecule has 4 aromatic carbocycles. The maximum absolute atomic E-state index is 6.63. The van der Waals surface area contributed by atoms with Gasteiger partial charge in [0.1, 0.15) is 18.1 Å². The zero-order valence-corrected chi connectivity index (χ0v) is 22.9. The molecule has 0 N–H and O–H groups in total. The Hall–Kier alpha value is -3.87. The van der Waals surface area contributed by atoms with Crippen LogP contribution in [-0.4, -0.2) is 24.9 Å². The van der Waals surface area contributed by atoms with E-state index in [0.29, 0.717) is 40.3 Å². The summed E-state index contributed by atoms with van der Waals surface area (Å²) in [4.78, 5) is 0. The van der Waals surface area contributed by atoms with Gasteiger partial charge in [0.25, 0.3) is 0 Å². The topological polar surface area (TPSA) is 52.5 Å².